The highest BCUT2D eigenvalue weighted by Crippen LogP contribution is 2.10. The van der Waals surface area contributed by atoms with E-state index < -0.39 is 18.0 Å². The molecule has 0 saturated carbocycles. The average molecular weight is 294 g/mol. The minimum absolute atomic E-state index is 0.0261. The highest BCUT2D eigenvalue weighted by molar-refractivity contribution is 7.80. The molecule has 0 aliphatic heterocycles. The molecule has 0 fully saturated rings. The van der Waals surface area contributed by atoms with Gasteiger partial charge in [0.05, 0.1) is 7.11 Å². The largest absolute Gasteiger partial charge is 0.468 e. The number of hydrogen-bond donors (Lipinski definition) is 2. The number of para-hydroxylation sites is 1. The molecule has 0 aliphatic carbocycles. The Morgan fingerprint density at radius 3 is 2.45 bits per heavy atom. The lowest BCUT2D eigenvalue weighted by molar-refractivity contribution is -0.141. The van der Waals surface area contributed by atoms with Crippen LogP contribution >= 0.6 is 12.2 Å². The second-order valence-electron chi connectivity index (χ2n) is 3.72. The van der Waals surface area contributed by atoms with Crippen molar-refractivity contribution < 1.29 is 19.1 Å². The molecule has 0 spiro atoms. The van der Waals surface area contributed by atoms with Gasteiger partial charge < -0.3 is 15.2 Å². The predicted molar refractivity (Wildman–Crippen MR) is 77.0 cm³/mol. The average Bonchev–Trinajstić information content (AvgIpc) is 2.38. The molecule has 20 heavy (non-hydrogen) atoms. The fourth-order valence-electron chi connectivity index (χ4n) is 1.34. The molecule has 0 bridgehead atoms. The first kappa shape index (κ1) is 15.6. The number of ether oxygens (including phenoxy) is 2. The van der Waals surface area contributed by atoms with Crippen molar-refractivity contribution in [1.29, 1.82) is 0 Å². The van der Waals surface area contributed by atoms with E-state index in [0.717, 1.165) is 0 Å². The van der Waals surface area contributed by atoms with Gasteiger partial charge in [-0.1, -0.05) is 37.0 Å². The molecule has 106 valence electrons. The van der Waals surface area contributed by atoms with Crippen molar-refractivity contribution in [3.8, 4) is 5.75 Å². The zero-order valence-electron chi connectivity index (χ0n) is 10.8. The van der Waals surface area contributed by atoms with E-state index in [9.17, 15) is 9.59 Å². The topological polar surface area (TPSA) is 90.7 Å². The van der Waals surface area contributed by atoms with E-state index in [4.69, 9.17) is 22.7 Å². The summed E-state index contributed by atoms with van der Waals surface area (Å²) in [6.45, 7) is 3.43. The summed E-state index contributed by atoms with van der Waals surface area (Å²) in [6.07, 6.45) is -0.823. The van der Waals surface area contributed by atoms with Gasteiger partial charge in [0.15, 0.2) is 0 Å². The minimum atomic E-state index is -1.10. The molecule has 0 unspecified atom stereocenters. The molecule has 0 aliphatic rings. The third-order valence-electron chi connectivity index (χ3n) is 2.25. The van der Waals surface area contributed by atoms with Gasteiger partial charge >= 0.3 is 12.1 Å². The molecule has 0 saturated heterocycles. The molecular weight excluding hydrogens is 280 g/mol. The SMILES string of the molecule is C=C(N)[C@H](C(=O)OC)C(=S)NC(=O)Oc1ccccc1. The van der Waals surface area contributed by atoms with Crippen LogP contribution in [0.3, 0.4) is 0 Å². The van der Waals surface area contributed by atoms with Crippen LogP contribution in [0.15, 0.2) is 42.6 Å². The first-order chi connectivity index (χ1) is 9.45. The summed E-state index contributed by atoms with van der Waals surface area (Å²) < 4.78 is 9.50. The summed E-state index contributed by atoms with van der Waals surface area (Å²) in [5.41, 5.74) is 5.44. The van der Waals surface area contributed by atoms with Gasteiger partial charge in [-0.2, -0.15) is 0 Å². The van der Waals surface area contributed by atoms with Gasteiger partial charge in [-0.05, 0) is 12.1 Å². The van der Waals surface area contributed by atoms with Gasteiger partial charge in [-0.3, -0.25) is 10.1 Å². The highest BCUT2D eigenvalue weighted by Gasteiger charge is 2.27. The number of nitrogens with two attached hydrogens (primary N) is 1. The van der Waals surface area contributed by atoms with Crippen LogP contribution in [0.2, 0.25) is 0 Å². The zero-order chi connectivity index (χ0) is 15.1. The lowest BCUT2D eigenvalue weighted by Crippen LogP contribution is -2.41. The van der Waals surface area contributed by atoms with Gasteiger partial charge in [-0.15, -0.1) is 0 Å². The predicted octanol–water partition coefficient (Wildman–Crippen LogP) is 1.36. The second kappa shape index (κ2) is 7.25. The Balaban J connectivity index is 2.67. The normalized spacial score (nSPS) is 11.1. The van der Waals surface area contributed by atoms with E-state index in [-0.39, 0.29) is 10.7 Å². The Hall–Kier alpha value is -2.41. The van der Waals surface area contributed by atoms with Crippen LogP contribution in [0, 0.1) is 5.92 Å². The highest BCUT2D eigenvalue weighted by atomic mass is 32.1. The number of nitrogens with one attached hydrogen (secondary N) is 1. The van der Waals surface area contributed by atoms with Crippen LogP contribution < -0.4 is 15.8 Å². The van der Waals surface area contributed by atoms with Crippen LogP contribution in [-0.4, -0.2) is 24.2 Å². The molecule has 6 nitrogen and oxygen atoms in total. The standard InChI is InChI=1S/C13H14N2O4S/c1-8(14)10(12(16)18-2)11(20)15-13(17)19-9-6-4-3-5-7-9/h3-7,10H,1,14H2,2H3,(H,15,17,20)/t10-/m0/s1. The summed E-state index contributed by atoms with van der Waals surface area (Å²) >= 11 is 4.93. The van der Waals surface area contributed by atoms with E-state index in [1.165, 1.54) is 7.11 Å². The summed E-state index contributed by atoms with van der Waals surface area (Å²) in [4.78, 5) is 23.0. The number of thiocarbonyl (C=S) groups is 1. The van der Waals surface area contributed by atoms with Gasteiger partial charge in [0.1, 0.15) is 16.7 Å². The second-order valence-corrected chi connectivity index (χ2v) is 4.16. The quantitative estimate of drug-likeness (QED) is 0.643. The molecule has 1 aromatic rings. The lowest BCUT2D eigenvalue weighted by atomic mass is 10.1. The maximum Gasteiger partial charge on any atom is 0.417 e. The monoisotopic (exact) mass is 294 g/mol. The molecule has 1 amide bonds. The van der Waals surface area contributed by atoms with Crippen LogP contribution in [0.4, 0.5) is 4.79 Å². The van der Waals surface area contributed by atoms with Crippen molar-refractivity contribution in [2.75, 3.05) is 7.11 Å². The number of carbonyl (C=O) groups excluding carboxylic acids is 2. The van der Waals surface area contributed by atoms with Crippen molar-refractivity contribution in [3.63, 3.8) is 0 Å². The van der Waals surface area contributed by atoms with E-state index in [1.807, 2.05) is 0 Å². The Bertz CT molecular complexity index is 530. The fraction of sp³-hybridized carbons (Fsp3) is 0.154. The first-order valence-electron chi connectivity index (χ1n) is 5.55. The van der Waals surface area contributed by atoms with Crippen molar-refractivity contribution >= 4 is 29.3 Å². The minimum Gasteiger partial charge on any atom is -0.468 e. The lowest BCUT2D eigenvalue weighted by Gasteiger charge is -2.16. The molecule has 0 heterocycles. The summed E-state index contributed by atoms with van der Waals surface area (Å²) in [6, 6.07) is 8.39. The maximum atomic E-state index is 11.6. The molecule has 3 N–H and O–H groups in total. The van der Waals surface area contributed by atoms with E-state index in [0.29, 0.717) is 5.75 Å². The molecule has 1 rings (SSSR count). The summed E-state index contributed by atoms with van der Waals surface area (Å²) in [5, 5.41) is 2.25. The smallest absolute Gasteiger partial charge is 0.417 e. The van der Waals surface area contributed by atoms with Crippen molar-refractivity contribution in [2.45, 2.75) is 0 Å². The number of amides is 1. The first-order valence-corrected chi connectivity index (χ1v) is 5.96. The van der Waals surface area contributed by atoms with Gasteiger partial charge in [-0.25, -0.2) is 4.79 Å². The Kier molecular flexibility index (Phi) is 5.67. The zero-order valence-corrected chi connectivity index (χ0v) is 11.6. The summed E-state index contributed by atoms with van der Waals surface area (Å²) in [5.74, 6) is -1.46. The number of methoxy groups -OCH3 is 1. The molecule has 0 radical (unpaired) electrons. The number of rotatable bonds is 4. The van der Waals surface area contributed by atoms with Gasteiger partial charge in [0.25, 0.3) is 0 Å². The van der Waals surface area contributed by atoms with Crippen molar-refractivity contribution in [3.05, 3.63) is 42.6 Å². The van der Waals surface area contributed by atoms with Crippen LogP contribution in [-0.2, 0) is 9.53 Å². The van der Waals surface area contributed by atoms with E-state index in [2.05, 4.69) is 16.6 Å². The number of carbonyl (C=O) groups is 2. The number of hydrogen-bond acceptors (Lipinski definition) is 6. The van der Waals surface area contributed by atoms with Crippen LogP contribution in [0.5, 0.6) is 5.75 Å². The Morgan fingerprint density at radius 2 is 1.95 bits per heavy atom. The molecule has 1 atom stereocenters. The van der Waals surface area contributed by atoms with E-state index >= 15 is 0 Å². The molecular formula is C13H14N2O4S. The molecule has 7 heteroatoms. The van der Waals surface area contributed by atoms with Crippen molar-refractivity contribution in [2.24, 2.45) is 11.7 Å². The molecule has 1 aromatic carbocycles. The number of esters is 1. The van der Waals surface area contributed by atoms with Gasteiger partial charge in [0, 0.05) is 5.70 Å². The van der Waals surface area contributed by atoms with Crippen LogP contribution in [0.25, 0.3) is 0 Å². The third kappa shape index (κ3) is 4.36. The van der Waals surface area contributed by atoms with E-state index in [1.54, 1.807) is 30.3 Å². The van der Waals surface area contributed by atoms with Gasteiger partial charge in [0.2, 0.25) is 0 Å². The molecule has 0 aromatic heterocycles. The number of benzene rings is 1. The maximum absolute atomic E-state index is 11.6. The fourth-order valence-corrected chi connectivity index (χ4v) is 1.67. The van der Waals surface area contributed by atoms with Crippen molar-refractivity contribution in [1.82, 2.24) is 5.32 Å². The van der Waals surface area contributed by atoms with Crippen LogP contribution in [0.1, 0.15) is 0 Å². The Morgan fingerprint density at radius 1 is 1.35 bits per heavy atom. The summed E-state index contributed by atoms with van der Waals surface area (Å²) in [7, 11) is 1.18. The Labute approximate surface area is 121 Å². The third-order valence-corrected chi connectivity index (χ3v) is 2.59.